The fourth-order valence-electron chi connectivity index (χ4n) is 4.66. The fourth-order valence-corrected chi connectivity index (χ4v) is 4.79. The van der Waals surface area contributed by atoms with Gasteiger partial charge in [0.25, 0.3) is 5.91 Å². The first-order valence-corrected chi connectivity index (χ1v) is 12.8. The van der Waals surface area contributed by atoms with E-state index < -0.39 is 18.2 Å². The zero-order valence-corrected chi connectivity index (χ0v) is 22.0. The summed E-state index contributed by atoms with van der Waals surface area (Å²) in [6.07, 6.45) is -3.58. The summed E-state index contributed by atoms with van der Waals surface area (Å²) >= 11 is 5.98. The van der Waals surface area contributed by atoms with Crippen LogP contribution < -0.4 is 15.5 Å². The van der Waals surface area contributed by atoms with Gasteiger partial charge in [0.1, 0.15) is 5.75 Å². The topological polar surface area (TPSA) is 125 Å². The predicted molar refractivity (Wildman–Crippen MR) is 140 cm³/mol. The van der Waals surface area contributed by atoms with E-state index in [1.807, 2.05) is 17.0 Å². The minimum absolute atomic E-state index is 0.0808. The number of β-amino-alcohol motifs (C(OH)–C–C–N with tert-alkyl or cyclic N) is 1. The molecule has 1 unspecified atom stereocenters. The van der Waals surface area contributed by atoms with Crippen molar-refractivity contribution >= 4 is 29.2 Å². The van der Waals surface area contributed by atoms with Crippen molar-refractivity contribution < 1.29 is 38.1 Å². The van der Waals surface area contributed by atoms with Crippen molar-refractivity contribution in [3.63, 3.8) is 0 Å². The highest BCUT2D eigenvalue weighted by molar-refractivity contribution is 6.30. The monoisotopic (exact) mass is 572 g/mol. The molecule has 214 valence electrons. The van der Waals surface area contributed by atoms with Gasteiger partial charge in [-0.2, -0.15) is 13.2 Å². The van der Waals surface area contributed by atoms with Crippen LogP contribution in [0.3, 0.4) is 0 Å². The highest BCUT2D eigenvalue weighted by atomic mass is 35.5. The van der Waals surface area contributed by atoms with E-state index in [1.165, 1.54) is 11.6 Å². The molecule has 2 aromatic carbocycles. The van der Waals surface area contributed by atoms with Crippen molar-refractivity contribution in [1.29, 1.82) is 0 Å². The maximum Gasteiger partial charge on any atom is 0.490 e. The molecule has 5 N–H and O–H groups in total. The largest absolute Gasteiger partial charge is 0.508 e. The van der Waals surface area contributed by atoms with Gasteiger partial charge in [-0.25, -0.2) is 4.79 Å². The Bertz CT molecular complexity index is 1130. The van der Waals surface area contributed by atoms with E-state index in [0.717, 1.165) is 37.5 Å². The Morgan fingerprint density at radius 2 is 1.69 bits per heavy atom. The Morgan fingerprint density at radius 1 is 1.08 bits per heavy atom. The third-order valence-electron chi connectivity index (χ3n) is 6.68. The van der Waals surface area contributed by atoms with E-state index in [1.54, 1.807) is 19.2 Å². The van der Waals surface area contributed by atoms with Crippen LogP contribution in [0.25, 0.3) is 0 Å². The molecule has 39 heavy (non-hydrogen) atoms. The van der Waals surface area contributed by atoms with E-state index in [9.17, 15) is 28.2 Å². The number of anilines is 1. The van der Waals surface area contributed by atoms with Crippen molar-refractivity contribution in [3.8, 4) is 5.75 Å². The summed E-state index contributed by atoms with van der Waals surface area (Å²) < 4.78 is 31.7. The first-order chi connectivity index (χ1) is 18.4. The fraction of sp³-hybridized carbons (Fsp3) is 0.462. The molecule has 2 heterocycles. The van der Waals surface area contributed by atoms with Crippen molar-refractivity contribution in [3.05, 3.63) is 58.6 Å². The molecule has 2 aliphatic rings. The van der Waals surface area contributed by atoms with Crippen LogP contribution in [0.1, 0.15) is 28.8 Å². The predicted octanol–water partition coefficient (Wildman–Crippen LogP) is 2.84. The number of rotatable bonds is 6. The van der Waals surface area contributed by atoms with Gasteiger partial charge in [0.15, 0.2) is 0 Å². The number of carbonyl (C=O) groups is 2. The highest BCUT2D eigenvalue weighted by Crippen LogP contribution is 2.29. The number of phenolic OH excluding ortho intramolecular Hbond substituents is 1. The van der Waals surface area contributed by atoms with Crippen LogP contribution in [0.15, 0.2) is 42.5 Å². The van der Waals surface area contributed by atoms with Gasteiger partial charge in [0.2, 0.25) is 0 Å². The number of amides is 1. The summed E-state index contributed by atoms with van der Waals surface area (Å²) in [5.74, 6) is -2.86. The second-order valence-electron chi connectivity index (χ2n) is 9.51. The molecule has 2 atom stereocenters. The number of likely N-dealkylation sites (tertiary alicyclic amines) is 1. The van der Waals surface area contributed by atoms with E-state index in [0.29, 0.717) is 30.4 Å². The van der Waals surface area contributed by atoms with E-state index in [-0.39, 0.29) is 17.7 Å². The molecule has 2 aromatic rings. The smallest absolute Gasteiger partial charge is 0.490 e. The number of benzene rings is 2. The molecule has 0 radical (unpaired) electrons. The van der Waals surface area contributed by atoms with E-state index >= 15 is 0 Å². The number of aliphatic hydroxyl groups excluding tert-OH is 1. The van der Waals surface area contributed by atoms with Gasteiger partial charge in [-0.05, 0) is 55.8 Å². The number of nitrogens with zero attached hydrogens (tertiary/aromatic N) is 2. The van der Waals surface area contributed by atoms with Gasteiger partial charge in [0, 0.05) is 43.8 Å². The van der Waals surface area contributed by atoms with Crippen molar-refractivity contribution in [2.75, 3.05) is 38.1 Å². The molecule has 2 aliphatic heterocycles. The Balaban J connectivity index is 0.000000532. The van der Waals surface area contributed by atoms with E-state index in [2.05, 4.69) is 27.7 Å². The van der Waals surface area contributed by atoms with Gasteiger partial charge in [-0.3, -0.25) is 9.69 Å². The Labute approximate surface area is 229 Å². The Hall–Kier alpha value is -3.06. The number of aliphatic carboxylic acids is 1. The standard InChI is InChI=1S/C24H31ClN4O3.C2HF3O2/c1-26-24(32)20-7-6-19(30)12-22(20)29-14-21(23(31)15-29)27-18-8-10-28(11-9-18)13-16-2-4-17(25)5-3-16;3-2(4,5)1(6)7/h2-7,12,18,21,23,27,30-31H,8-11,13-15H2,1H3,(H,26,32);(H,6,7)/t21?,23-;/m1./s1. The summed E-state index contributed by atoms with van der Waals surface area (Å²) in [6.45, 7) is 3.92. The molecule has 1 amide bonds. The van der Waals surface area contributed by atoms with Gasteiger partial charge in [0.05, 0.1) is 23.4 Å². The normalized spacial score (nSPS) is 20.3. The van der Waals surface area contributed by atoms with Crippen LogP contribution in [-0.2, 0) is 11.3 Å². The number of halogens is 4. The molecule has 4 rings (SSSR count). The summed E-state index contributed by atoms with van der Waals surface area (Å²) in [5.41, 5.74) is 2.40. The number of hydrogen-bond donors (Lipinski definition) is 5. The van der Waals surface area contributed by atoms with E-state index in [4.69, 9.17) is 21.5 Å². The van der Waals surface area contributed by atoms with Crippen molar-refractivity contribution in [2.45, 2.75) is 43.8 Å². The van der Waals surface area contributed by atoms with Crippen molar-refractivity contribution in [2.24, 2.45) is 0 Å². The van der Waals surface area contributed by atoms with Crippen LogP contribution in [0, 0.1) is 0 Å². The average molecular weight is 573 g/mol. The first kappa shape index (κ1) is 30.5. The number of carboxylic acid groups (broad SMARTS) is 1. The minimum atomic E-state index is -5.08. The molecule has 0 aliphatic carbocycles. The number of phenols is 1. The number of hydrogen-bond acceptors (Lipinski definition) is 7. The molecular weight excluding hydrogens is 541 g/mol. The SMILES string of the molecule is CNC(=O)c1ccc(O)cc1N1CC(NC2CCN(Cc3ccc(Cl)cc3)CC2)[C@H](O)C1.O=C(O)C(F)(F)F. The van der Waals surface area contributed by atoms with Gasteiger partial charge in [-0.15, -0.1) is 0 Å². The number of carbonyl (C=O) groups excluding carboxylic acids is 1. The third-order valence-corrected chi connectivity index (χ3v) is 6.93. The second kappa shape index (κ2) is 13.3. The molecule has 0 aromatic heterocycles. The molecule has 0 bridgehead atoms. The lowest BCUT2D eigenvalue weighted by Gasteiger charge is -2.34. The molecule has 13 heteroatoms. The van der Waals surface area contributed by atoms with Gasteiger partial charge < -0.3 is 30.9 Å². The lowest BCUT2D eigenvalue weighted by Crippen LogP contribution is -2.49. The maximum absolute atomic E-state index is 12.3. The highest BCUT2D eigenvalue weighted by Gasteiger charge is 2.38. The number of alkyl halides is 3. The number of nitrogens with one attached hydrogen (secondary N) is 2. The third kappa shape index (κ3) is 8.72. The van der Waals surface area contributed by atoms with Crippen molar-refractivity contribution in [1.82, 2.24) is 15.5 Å². The summed E-state index contributed by atoms with van der Waals surface area (Å²) in [7, 11) is 1.58. The zero-order valence-electron chi connectivity index (χ0n) is 21.3. The quantitative estimate of drug-likeness (QED) is 0.358. The molecule has 0 spiro atoms. The van der Waals surface area contributed by atoms with Gasteiger partial charge >= 0.3 is 12.1 Å². The van der Waals surface area contributed by atoms with Gasteiger partial charge in [-0.1, -0.05) is 23.7 Å². The second-order valence-corrected chi connectivity index (χ2v) is 9.94. The summed E-state index contributed by atoms with van der Waals surface area (Å²) in [5, 5.41) is 34.8. The lowest BCUT2D eigenvalue weighted by atomic mass is 10.0. The Morgan fingerprint density at radius 3 is 2.26 bits per heavy atom. The van der Waals surface area contributed by atoms with Crippen LogP contribution in [0.4, 0.5) is 18.9 Å². The van der Waals surface area contributed by atoms with Crippen LogP contribution >= 0.6 is 11.6 Å². The Kier molecular flexibility index (Phi) is 10.4. The zero-order chi connectivity index (χ0) is 28.7. The molecule has 2 fully saturated rings. The first-order valence-electron chi connectivity index (χ1n) is 12.4. The molecule has 2 saturated heterocycles. The van der Waals surface area contributed by atoms with Crippen LogP contribution in [0.2, 0.25) is 5.02 Å². The molecule has 9 nitrogen and oxygen atoms in total. The molecular formula is C26H32ClF3N4O5. The number of piperidine rings is 1. The lowest BCUT2D eigenvalue weighted by molar-refractivity contribution is -0.192. The van der Waals surface area contributed by atoms with Crippen LogP contribution in [0.5, 0.6) is 5.75 Å². The average Bonchev–Trinajstić information content (AvgIpc) is 3.25. The van der Waals surface area contributed by atoms with Crippen LogP contribution in [-0.4, -0.2) is 89.7 Å². The molecule has 0 saturated carbocycles. The summed E-state index contributed by atoms with van der Waals surface area (Å²) in [6, 6.07) is 13.0. The number of carboxylic acids is 1. The number of aliphatic hydroxyl groups is 1. The number of aromatic hydroxyl groups is 1. The maximum atomic E-state index is 12.3. The minimum Gasteiger partial charge on any atom is -0.508 e. The summed E-state index contributed by atoms with van der Waals surface area (Å²) in [4.78, 5) is 25.6.